The molecule has 1 amide bonds. The molecule has 3 nitrogen and oxygen atoms in total. The highest BCUT2D eigenvalue weighted by molar-refractivity contribution is 5.91. The lowest BCUT2D eigenvalue weighted by Gasteiger charge is -2.09. The van der Waals surface area contributed by atoms with Crippen molar-refractivity contribution in [3.8, 4) is 5.75 Å². The molecule has 0 unspecified atom stereocenters. The SMILES string of the molecule is Cc1ccccc1OCC(=O)Nc1ccc(F)c(F)c1. The van der Waals surface area contributed by atoms with Crippen molar-refractivity contribution in [2.45, 2.75) is 6.92 Å². The highest BCUT2D eigenvalue weighted by Crippen LogP contribution is 2.16. The molecule has 0 spiro atoms. The number of halogens is 2. The molecule has 0 aromatic heterocycles. The van der Waals surface area contributed by atoms with E-state index in [-0.39, 0.29) is 12.3 Å². The number of carbonyl (C=O) groups is 1. The summed E-state index contributed by atoms with van der Waals surface area (Å²) in [5, 5.41) is 2.43. The van der Waals surface area contributed by atoms with E-state index in [1.54, 1.807) is 12.1 Å². The first-order valence-electron chi connectivity index (χ1n) is 5.99. The first kappa shape index (κ1) is 14.0. The van der Waals surface area contributed by atoms with Gasteiger partial charge in [-0.05, 0) is 30.7 Å². The number of aryl methyl sites for hydroxylation is 1. The fourth-order valence-corrected chi connectivity index (χ4v) is 1.63. The van der Waals surface area contributed by atoms with Gasteiger partial charge in [0.15, 0.2) is 18.2 Å². The van der Waals surface area contributed by atoms with Gasteiger partial charge in [0.05, 0.1) is 0 Å². The lowest BCUT2D eigenvalue weighted by Crippen LogP contribution is -2.20. The van der Waals surface area contributed by atoms with Crippen LogP contribution in [0.1, 0.15) is 5.56 Å². The molecule has 0 saturated heterocycles. The van der Waals surface area contributed by atoms with Gasteiger partial charge in [0.25, 0.3) is 5.91 Å². The maximum absolute atomic E-state index is 13.0. The Morgan fingerprint density at radius 2 is 1.90 bits per heavy atom. The van der Waals surface area contributed by atoms with E-state index >= 15 is 0 Å². The van der Waals surface area contributed by atoms with Crippen LogP contribution >= 0.6 is 0 Å². The maximum Gasteiger partial charge on any atom is 0.262 e. The highest BCUT2D eigenvalue weighted by Gasteiger charge is 2.07. The zero-order chi connectivity index (χ0) is 14.5. The van der Waals surface area contributed by atoms with Crippen molar-refractivity contribution in [1.29, 1.82) is 0 Å². The van der Waals surface area contributed by atoms with Crippen LogP contribution in [-0.2, 0) is 4.79 Å². The number of anilines is 1. The largest absolute Gasteiger partial charge is 0.483 e. The van der Waals surface area contributed by atoms with E-state index in [1.807, 2.05) is 19.1 Å². The van der Waals surface area contributed by atoms with Crippen LogP contribution in [0, 0.1) is 18.6 Å². The fourth-order valence-electron chi connectivity index (χ4n) is 1.63. The molecule has 2 rings (SSSR count). The number of hydrogen-bond acceptors (Lipinski definition) is 2. The molecule has 104 valence electrons. The quantitative estimate of drug-likeness (QED) is 0.931. The molecule has 0 atom stereocenters. The Morgan fingerprint density at radius 1 is 1.15 bits per heavy atom. The second-order valence-corrected chi connectivity index (χ2v) is 4.23. The number of carbonyl (C=O) groups excluding carboxylic acids is 1. The maximum atomic E-state index is 13.0. The minimum atomic E-state index is -1.01. The van der Waals surface area contributed by atoms with Gasteiger partial charge < -0.3 is 10.1 Å². The topological polar surface area (TPSA) is 38.3 Å². The Kier molecular flexibility index (Phi) is 4.30. The Hall–Kier alpha value is -2.43. The molecule has 0 bridgehead atoms. The number of amides is 1. The van der Waals surface area contributed by atoms with Crippen molar-refractivity contribution >= 4 is 11.6 Å². The van der Waals surface area contributed by atoms with Crippen molar-refractivity contribution in [1.82, 2.24) is 0 Å². The average molecular weight is 277 g/mol. The lowest BCUT2D eigenvalue weighted by molar-refractivity contribution is -0.118. The lowest BCUT2D eigenvalue weighted by atomic mass is 10.2. The predicted molar refractivity (Wildman–Crippen MR) is 71.7 cm³/mol. The van der Waals surface area contributed by atoms with E-state index in [0.29, 0.717) is 5.75 Å². The van der Waals surface area contributed by atoms with E-state index in [4.69, 9.17) is 4.74 Å². The van der Waals surface area contributed by atoms with Gasteiger partial charge in [0, 0.05) is 11.8 Å². The molecule has 5 heteroatoms. The molecule has 0 aliphatic carbocycles. The number of rotatable bonds is 4. The predicted octanol–water partition coefficient (Wildman–Crippen LogP) is 3.29. The third-order valence-corrected chi connectivity index (χ3v) is 2.66. The van der Waals surface area contributed by atoms with Crippen molar-refractivity contribution in [2.75, 3.05) is 11.9 Å². The van der Waals surface area contributed by atoms with Crippen LogP contribution in [-0.4, -0.2) is 12.5 Å². The van der Waals surface area contributed by atoms with Crippen LogP contribution in [0.15, 0.2) is 42.5 Å². The summed E-state index contributed by atoms with van der Waals surface area (Å²) in [4.78, 5) is 11.6. The molecule has 20 heavy (non-hydrogen) atoms. The molecule has 2 aromatic carbocycles. The van der Waals surface area contributed by atoms with E-state index in [0.717, 1.165) is 17.7 Å². The highest BCUT2D eigenvalue weighted by atomic mass is 19.2. The molecule has 2 aromatic rings. The van der Waals surface area contributed by atoms with Crippen LogP contribution in [0.4, 0.5) is 14.5 Å². The second kappa shape index (κ2) is 6.14. The van der Waals surface area contributed by atoms with Gasteiger partial charge in [-0.1, -0.05) is 18.2 Å². The van der Waals surface area contributed by atoms with Gasteiger partial charge in [-0.2, -0.15) is 0 Å². The third-order valence-electron chi connectivity index (χ3n) is 2.66. The molecule has 0 aliphatic rings. The van der Waals surface area contributed by atoms with Gasteiger partial charge in [-0.15, -0.1) is 0 Å². The van der Waals surface area contributed by atoms with Crippen molar-refractivity contribution in [3.05, 3.63) is 59.7 Å². The van der Waals surface area contributed by atoms with Gasteiger partial charge >= 0.3 is 0 Å². The monoisotopic (exact) mass is 277 g/mol. The zero-order valence-electron chi connectivity index (χ0n) is 10.8. The molecule has 0 aliphatic heterocycles. The number of hydrogen-bond donors (Lipinski definition) is 1. The zero-order valence-corrected chi connectivity index (χ0v) is 10.8. The van der Waals surface area contributed by atoms with E-state index in [2.05, 4.69) is 5.32 Å². The van der Waals surface area contributed by atoms with Crippen LogP contribution in [0.2, 0.25) is 0 Å². The smallest absolute Gasteiger partial charge is 0.262 e. The van der Waals surface area contributed by atoms with Gasteiger partial charge in [0.1, 0.15) is 5.75 Å². The van der Waals surface area contributed by atoms with Crippen molar-refractivity contribution in [2.24, 2.45) is 0 Å². The minimum absolute atomic E-state index is 0.183. The van der Waals surface area contributed by atoms with Crippen molar-refractivity contribution < 1.29 is 18.3 Å². The van der Waals surface area contributed by atoms with Crippen molar-refractivity contribution in [3.63, 3.8) is 0 Å². The van der Waals surface area contributed by atoms with E-state index < -0.39 is 17.5 Å². The summed E-state index contributed by atoms with van der Waals surface area (Å²) in [6, 6.07) is 10.4. The van der Waals surface area contributed by atoms with E-state index in [1.165, 1.54) is 6.07 Å². The standard InChI is InChI=1S/C15H13F2NO2/c1-10-4-2-3-5-14(10)20-9-15(19)18-11-6-7-12(16)13(17)8-11/h2-8H,9H2,1H3,(H,18,19). The summed E-state index contributed by atoms with van der Waals surface area (Å²) in [5.41, 5.74) is 1.09. The molecule has 1 N–H and O–H groups in total. The molecule has 0 radical (unpaired) electrons. The third kappa shape index (κ3) is 3.54. The summed E-state index contributed by atoms with van der Waals surface area (Å²) in [6.07, 6.45) is 0. The number of nitrogens with one attached hydrogen (secondary N) is 1. The van der Waals surface area contributed by atoms with Gasteiger partial charge in [0.2, 0.25) is 0 Å². The molecule has 0 saturated carbocycles. The Bertz CT molecular complexity index is 629. The molecular formula is C15H13F2NO2. The first-order valence-corrected chi connectivity index (χ1v) is 5.99. The fraction of sp³-hybridized carbons (Fsp3) is 0.133. The molecular weight excluding hydrogens is 264 g/mol. The normalized spacial score (nSPS) is 10.2. The number of benzene rings is 2. The second-order valence-electron chi connectivity index (χ2n) is 4.23. The van der Waals surface area contributed by atoms with Gasteiger partial charge in [-0.25, -0.2) is 8.78 Å². The first-order chi connectivity index (χ1) is 9.56. The van der Waals surface area contributed by atoms with Gasteiger partial charge in [-0.3, -0.25) is 4.79 Å². The number of ether oxygens (including phenoxy) is 1. The number of para-hydroxylation sites is 1. The summed E-state index contributed by atoms with van der Waals surface area (Å²) < 4.78 is 31.1. The summed E-state index contributed by atoms with van der Waals surface area (Å²) >= 11 is 0. The van der Waals surface area contributed by atoms with Crippen LogP contribution in [0.25, 0.3) is 0 Å². The Morgan fingerprint density at radius 3 is 2.60 bits per heavy atom. The van der Waals surface area contributed by atoms with E-state index in [9.17, 15) is 13.6 Å². The summed E-state index contributed by atoms with van der Waals surface area (Å²) in [7, 11) is 0. The Balaban J connectivity index is 1.93. The van der Waals surface area contributed by atoms with Crippen LogP contribution in [0.5, 0.6) is 5.75 Å². The Labute approximate surface area is 115 Å². The molecule has 0 heterocycles. The molecule has 0 fully saturated rings. The summed E-state index contributed by atoms with van der Waals surface area (Å²) in [6.45, 7) is 1.66. The minimum Gasteiger partial charge on any atom is -0.483 e. The average Bonchev–Trinajstić information content (AvgIpc) is 2.42. The van der Waals surface area contributed by atoms with Crippen LogP contribution in [0.3, 0.4) is 0 Å². The van der Waals surface area contributed by atoms with Crippen LogP contribution < -0.4 is 10.1 Å². The summed E-state index contributed by atoms with van der Waals surface area (Å²) in [5.74, 6) is -1.81.